The average molecular weight is 501 g/mol. The first-order valence-electron chi connectivity index (χ1n) is 11.8. The Kier molecular flexibility index (Phi) is 8.68. The van der Waals surface area contributed by atoms with Crippen molar-refractivity contribution < 1.29 is 18.0 Å². The molecule has 1 heterocycles. The third-order valence-electron chi connectivity index (χ3n) is 5.91. The number of alkyl halides is 3. The van der Waals surface area contributed by atoms with Crippen molar-refractivity contribution in [2.24, 2.45) is 11.7 Å². The lowest BCUT2D eigenvalue weighted by atomic mass is 9.98. The number of halogens is 3. The smallest absolute Gasteiger partial charge is 0.330 e. The zero-order valence-corrected chi connectivity index (χ0v) is 20.6. The van der Waals surface area contributed by atoms with Crippen LogP contribution in [0.5, 0.6) is 0 Å². The number of amides is 1. The zero-order valence-electron chi connectivity index (χ0n) is 20.6. The maximum Gasteiger partial charge on any atom is 0.433 e. The molecule has 1 atom stereocenters. The van der Waals surface area contributed by atoms with E-state index in [2.05, 4.69) is 4.98 Å². The maximum absolute atomic E-state index is 13.7. The van der Waals surface area contributed by atoms with Crippen molar-refractivity contribution in [3.63, 3.8) is 0 Å². The van der Waals surface area contributed by atoms with Crippen molar-refractivity contribution in [2.45, 2.75) is 46.0 Å². The number of rotatable bonds is 9. The summed E-state index contributed by atoms with van der Waals surface area (Å²) in [7, 11) is 0. The number of aromatic nitrogens is 2. The molecule has 1 unspecified atom stereocenters. The van der Waals surface area contributed by atoms with Crippen LogP contribution in [0.3, 0.4) is 0 Å². The van der Waals surface area contributed by atoms with Gasteiger partial charge in [-0.25, -0.2) is 4.98 Å². The van der Waals surface area contributed by atoms with Gasteiger partial charge in [0.15, 0.2) is 5.69 Å². The monoisotopic (exact) mass is 500 g/mol. The van der Waals surface area contributed by atoms with Gasteiger partial charge in [0.2, 0.25) is 0 Å². The van der Waals surface area contributed by atoms with Crippen molar-refractivity contribution in [3.05, 3.63) is 99.2 Å². The Morgan fingerprint density at radius 3 is 2.28 bits per heavy atom. The lowest BCUT2D eigenvalue weighted by Gasteiger charge is -2.35. The minimum atomic E-state index is -4.82. The van der Waals surface area contributed by atoms with E-state index < -0.39 is 23.5 Å². The predicted octanol–water partition coefficient (Wildman–Crippen LogP) is 4.81. The molecule has 0 bridgehead atoms. The number of hydrogen-bond acceptors (Lipinski definition) is 4. The van der Waals surface area contributed by atoms with Crippen LogP contribution >= 0.6 is 0 Å². The van der Waals surface area contributed by atoms with Crippen LogP contribution in [0.15, 0.2) is 65.5 Å². The minimum absolute atomic E-state index is 0.0206. The summed E-state index contributed by atoms with van der Waals surface area (Å²) < 4.78 is 42.4. The molecule has 0 aliphatic carbocycles. The summed E-state index contributed by atoms with van der Waals surface area (Å²) in [6.07, 6.45) is -4.38. The quantitative estimate of drug-likeness (QED) is 0.457. The van der Waals surface area contributed by atoms with E-state index in [1.54, 1.807) is 62.4 Å². The Hall–Kier alpha value is -3.46. The summed E-state index contributed by atoms with van der Waals surface area (Å²) in [4.78, 5) is 32.2. The molecule has 0 aliphatic rings. The molecule has 0 aliphatic heterocycles. The second-order valence-electron chi connectivity index (χ2n) is 9.10. The highest BCUT2D eigenvalue weighted by atomic mass is 19.4. The number of nitrogens with zero attached hydrogens (tertiary/aromatic N) is 3. The van der Waals surface area contributed by atoms with E-state index in [1.807, 2.05) is 13.0 Å². The van der Waals surface area contributed by atoms with Crippen LogP contribution in [0.4, 0.5) is 13.2 Å². The highest BCUT2D eigenvalue weighted by Crippen LogP contribution is 2.32. The minimum Gasteiger partial charge on any atom is -0.330 e. The van der Waals surface area contributed by atoms with Crippen molar-refractivity contribution in [1.29, 1.82) is 0 Å². The Morgan fingerprint density at radius 2 is 1.72 bits per heavy atom. The summed E-state index contributed by atoms with van der Waals surface area (Å²) in [5.74, 6) is -0.819. The van der Waals surface area contributed by atoms with Crippen molar-refractivity contribution in [1.82, 2.24) is 14.5 Å². The second-order valence-corrected chi connectivity index (χ2v) is 9.10. The molecule has 0 saturated heterocycles. The van der Waals surface area contributed by atoms with E-state index in [0.717, 1.165) is 11.1 Å². The van der Waals surface area contributed by atoms with Gasteiger partial charge >= 0.3 is 6.18 Å². The highest BCUT2D eigenvalue weighted by molar-refractivity contribution is 5.94. The highest BCUT2D eigenvalue weighted by Gasteiger charge is 2.37. The van der Waals surface area contributed by atoms with Gasteiger partial charge in [-0.1, -0.05) is 61.9 Å². The first-order valence-corrected chi connectivity index (χ1v) is 11.8. The molecule has 6 nitrogen and oxygen atoms in total. The fourth-order valence-corrected chi connectivity index (χ4v) is 4.11. The largest absolute Gasteiger partial charge is 0.433 e. The molecule has 2 aromatic carbocycles. The van der Waals surface area contributed by atoms with Crippen LogP contribution in [0, 0.1) is 12.8 Å². The molecule has 3 rings (SSSR count). The number of carbonyl (C=O) groups is 1. The third kappa shape index (κ3) is 6.40. The predicted molar refractivity (Wildman–Crippen MR) is 133 cm³/mol. The van der Waals surface area contributed by atoms with Crippen LogP contribution in [-0.4, -0.2) is 33.4 Å². The van der Waals surface area contributed by atoms with Gasteiger partial charge in [-0.15, -0.1) is 0 Å². The molecule has 0 saturated carbocycles. The Bertz CT molecular complexity index is 1220. The molecule has 2 N–H and O–H groups in total. The summed E-state index contributed by atoms with van der Waals surface area (Å²) in [5.41, 5.74) is 5.71. The second kappa shape index (κ2) is 11.5. The van der Waals surface area contributed by atoms with Gasteiger partial charge in [0.05, 0.1) is 12.6 Å². The molecular formula is C27H31F3N4O2. The van der Waals surface area contributed by atoms with E-state index in [0.29, 0.717) is 18.1 Å². The third-order valence-corrected chi connectivity index (χ3v) is 5.91. The maximum atomic E-state index is 13.7. The Labute approximate surface area is 208 Å². The standard InChI is InChI=1S/C27H31F3N4O2/c1-18(2)24(33(15-7-14-31)26(36)21-12-10-19(3)11-13-21)25-32-22(27(28,29)30)16-23(35)34(25)17-20-8-5-4-6-9-20/h4-6,8-13,16,18,24H,7,14-15,17,31H2,1-3H3. The van der Waals surface area contributed by atoms with Crippen molar-refractivity contribution >= 4 is 5.91 Å². The van der Waals surface area contributed by atoms with Gasteiger partial charge in [-0.2, -0.15) is 13.2 Å². The van der Waals surface area contributed by atoms with Gasteiger partial charge in [0.25, 0.3) is 11.5 Å². The molecule has 3 aromatic rings. The van der Waals surface area contributed by atoms with Crippen LogP contribution in [-0.2, 0) is 12.7 Å². The summed E-state index contributed by atoms with van der Waals surface area (Å²) in [5, 5.41) is 0. The molecule has 9 heteroatoms. The molecule has 0 spiro atoms. The number of hydrogen-bond donors (Lipinski definition) is 1. The topological polar surface area (TPSA) is 81.2 Å². The first-order chi connectivity index (χ1) is 17.0. The number of aryl methyl sites for hydroxylation is 1. The number of benzene rings is 2. The van der Waals surface area contributed by atoms with Crippen LogP contribution in [0.25, 0.3) is 0 Å². The van der Waals surface area contributed by atoms with Crippen LogP contribution in [0.1, 0.15) is 59.3 Å². The average Bonchev–Trinajstić information content (AvgIpc) is 2.83. The van der Waals surface area contributed by atoms with E-state index in [1.165, 1.54) is 9.47 Å². The number of carbonyl (C=O) groups excluding carboxylic acids is 1. The van der Waals surface area contributed by atoms with E-state index >= 15 is 0 Å². The van der Waals surface area contributed by atoms with E-state index in [9.17, 15) is 22.8 Å². The zero-order chi connectivity index (χ0) is 26.5. The SMILES string of the molecule is Cc1ccc(C(=O)N(CCCN)C(c2nc(C(F)(F)F)cc(=O)n2Cc2ccccc2)C(C)C)cc1. The lowest BCUT2D eigenvalue weighted by molar-refractivity contribution is -0.141. The molecule has 1 amide bonds. The summed E-state index contributed by atoms with van der Waals surface area (Å²) >= 11 is 0. The summed E-state index contributed by atoms with van der Waals surface area (Å²) in [6.45, 7) is 5.99. The molecular weight excluding hydrogens is 469 g/mol. The van der Waals surface area contributed by atoms with Crippen molar-refractivity contribution in [3.8, 4) is 0 Å². The molecule has 0 fully saturated rings. The van der Waals surface area contributed by atoms with Crippen molar-refractivity contribution in [2.75, 3.05) is 13.1 Å². The lowest BCUT2D eigenvalue weighted by Crippen LogP contribution is -2.42. The molecule has 192 valence electrons. The Balaban J connectivity index is 2.22. The van der Waals surface area contributed by atoms with Gasteiger partial charge in [0.1, 0.15) is 5.82 Å². The van der Waals surface area contributed by atoms with E-state index in [-0.39, 0.29) is 37.3 Å². The van der Waals surface area contributed by atoms with E-state index in [4.69, 9.17) is 5.73 Å². The molecule has 1 aromatic heterocycles. The number of nitrogens with two attached hydrogens (primary N) is 1. The normalized spacial score (nSPS) is 12.6. The Morgan fingerprint density at radius 1 is 1.08 bits per heavy atom. The first kappa shape index (κ1) is 27.1. The molecule has 36 heavy (non-hydrogen) atoms. The van der Waals surface area contributed by atoms with Crippen LogP contribution in [0.2, 0.25) is 0 Å². The fourth-order valence-electron chi connectivity index (χ4n) is 4.11. The van der Waals surface area contributed by atoms with Gasteiger partial charge in [0, 0.05) is 18.2 Å². The fraction of sp³-hybridized carbons (Fsp3) is 0.370. The van der Waals surface area contributed by atoms with Gasteiger partial charge in [-0.05, 0) is 43.5 Å². The van der Waals surface area contributed by atoms with Gasteiger partial charge in [-0.3, -0.25) is 14.2 Å². The van der Waals surface area contributed by atoms with Gasteiger partial charge < -0.3 is 10.6 Å². The van der Waals surface area contributed by atoms with Crippen LogP contribution < -0.4 is 11.3 Å². The summed E-state index contributed by atoms with van der Waals surface area (Å²) in [6, 6.07) is 15.5. The molecule has 0 radical (unpaired) electrons.